The van der Waals surface area contributed by atoms with Crippen LogP contribution in [0.15, 0.2) is 199 Å². The van der Waals surface area contributed by atoms with Crippen molar-refractivity contribution >= 4 is 43.7 Å². The van der Waals surface area contributed by atoms with Crippen LogP contribution in [0.3, 0.4) is 0 Å². The molecule has 0 bridgehead atoms. The molecule has 0 unspecified atom stereocenters. The van der Waals surface area contributed by atoms with Gasteiger partial charge in [0.05, 0.1) is 11.0 Å². The molecule has 262 valence electrons. The van der Waals surface area contributed by atoms with E-state index < -0.39 is 0 Å². The number of benzene rings is 8. The zero-order chi connectivity index (χ0) is 37.0. The summed E-state index contributed by atoms with van der Waals surface area (Å²) in [6.45, 7) is 0. The normalized spacial score (nSPS) is 11.6. The summed E-state index contributed by atoms with van der Waals surface area (Å²) in [6, 6.07) is 67.4. The highest BCUT2D eigenvalue weighted by atomic mass is 16.3. The fourth-order valence-corrected chi connectivity index (χ4v) is 8.00. The highest BCUT2D eigenvalue weighted by molar-refractivity contribution is 6.12. The van der Waals surface area contributed by atoms with Crippen LogP contribution in [0.25, 0.3) is 106 Å². The van der Waals surface area contributed by atoms with Gasteiger partial charge in [0.25, 0.3) is 0 Å². The molecule has 0 saturated heterocycles. The minimum atomic E-state index is 0.583. The summed E-state index contributed by atoms with van der Waals surface area (Å²) >= 11 is 0. The lowest BCUT2D eigenvalue weighted by atomic mass is 10.0. The molecule has 0 N–H and O–H groups in total. The summed E-state index contributed by atoms with van der Waals surface area (Å²) in [5, 5.41) is 4.42. The molecule has 0 radical (unpaired) electrons. The van der Waals surface area contributed by atoms with Crippen molar-refractivity contribution < 1.29 is 4.42 Å². The molecule has 0 fully saturated rings. The highest BCUT2D eigenvalue weighted by Crippen LogP contribution is 2.39. The van der Waals surface area contributed by atoms with Crippen LogP contribution < -0.4 is 0 Å². The molecular weight excluding hydrogens is 685 g/mol. The average Bonchev–Trinajstić information content (AvgIpc) is 3.82. The Morgan fingerprint density at radius 2 is 0.875 bits per heavy atom. The smallest absolute Gasteiger partial charge is 0.164 e. The van der Waals surface area contributed by atoms with Gasteiger partial charge >= 0.3 is 0 Å². The van der Waals surface area contributed by atoms with E-state index in [0.717, 1.165) is 77.6 Å². The Kier molecular flexibility index (Phi) is 7.42. The molecule has 11 aromatic rings. The molecule has 3 heterocycles. The number of hydrogen-bond donors (Lipinski definition) is 0. The van der Waals surface area contributed by atoms with E-state index in [0.29, 0.717) is 17.5 Å². The van der Waals surface area contributed by atoms with E-state index >= 15 is 0 Å². The molecular formula is C51H32N4O. The van der Waals surface area contributed by atoms with Gasteiger partial charge in [0.2, 0.25) is 0 Å². The van der Waals surface area contributed by atoms with Gasteiger partial charge in [-0.2, -0.15) is 0 Å². The monoisotopic (exact) mass is 716 g/mol. The van der Waals surface area contributed by atoms with Crippen LogP contribution in [0.1, 0.15) is 0 Å². The van der Waals surface area contributed by atoms with Crippen molar-refractivity contribution in [2.45, 2.75) is 0 Å². The first-order valence-corrected chi connectivity index (χ1v) is 18.8. The van der Waals surface area contributed by atoms with Crippen molar-refractivity contribution in [3.8, 4) is 62.1 Å². The van der Waals surface area contributed by atoms with E-state index in [2.05, 4.69) is 174 Å². The maximum absolute atomic E-state index is 6.52. The second-order valence-corrected chi connectivity index (χ2v) is 14.0. The first kappa shape index (κ1) is 31.9. The van der Waals surface area contributed by atoms with E-state index in [4.69, 9.17) is 19.4 Å². The number of nitrogens with zero attached hydrogens (tertiary/aromatic N) is 4. The molecule has 0 aliphatic heterocycles. The Bertz CT molecular complexity index is 3180. The number of hydrogen-bond acceptors (Lipinski definition) is 4. The van der Waals surface area contributed by atoms with Crippen molar-refractivity contribution in [3.63, 3.8) is 0 Å². The van der Waals surface area contributed by atoms with E-state index in [1.165, 1.54) is 10.8 Å². The van der Waals surface area contributed by atoms with E-state index in [-0.39, 0.29) is 0 Å². The summed E-state index contributed by atoms with van der Waals surface area (Å²) in [6.07, 6.45) is 0. The van der Waals surface area contributed by atoms with Crippen LogP contribution >= 0.6 is 0 Å². The summed E-state index contributed by atoms with van der Waals surface area (Å²) in [5.41, 5.74) is 12.2. The minimum Gasteiger partial charge on any atom is -0.456 e. The molecule has 0 aliphatic carbocycles. The molecule has 11 rings (SSSR count). The molecule has 0 aliphatic rings. The molecule has 56 heavy (non-hydrogen) atoms. The van der Waals surface area contributed by atoms with Crippen LogP contribution in [-0.4, -0.2) is 19.5 Å². The minimum absolute atomic E-state index is 0.583. The predicted molar refractivity (Wildman–Crippen MR) is 229 cm³/mol. The average molecular weight is 717 g/mol. The van der Waals surface area contributed by atoms with Crippen molar-refractivity contribution in [1.29, 1.82) is 0 Å². The second kappa shape index (κ2) is 13.0. The van der Waals surface area contributed by atoms with Gasteiger partial charge in [-0.15, -0.1) is 0 Å². The number of para-hydroxylation sites is 2. The first-order valence-electron chi connectivity index (χ1n) is 18.8. The largest absolute Gasteiger partial charge is 0.456 e. The Morgan fingerprint density at radius 3 is 1.59 bits per heavy atom. The third-order valence-electron chi connectivity index (χ3n) is 10.7. The Morgan fingerprint density at radius 1 is 0.339 bits per heavy atom. The van der Waals surface area contributed by atoms with Gasteiger partial charge in [0, 0.05) is 43.9 Å². The van der Waals surface area contributed by atoms with Gasteiger partial charge in [-0.05, 0) is 64.7 Å². The molecule has 0 atom stereocenters. The third-order valence-corrected chi connectivity index (χ3v) is 10.7. The molecule has 0 spiro atoms. The Hall–Kier alpha value is -7.63. The third kappa shape index (κ3) is 5.37. The van der Waals surface area contributed by atoms with Crippen molar-refractivity contribution in [2.24, 2.45) is 0 Å². The number of aromatic nitrogens is 4. The van der Waals surface area contributed by atoms with E-state index in [1.54, 1.807) is 0 Å². The lowest BCUT2D eigenvalue weighted by Gasteiger charge is -2.12. The quantitative estimate of drug-likeness (QED) is 0.172. The summed E-state index contributed by atoms with van der Waals surface area (Å²) < 4.78 is 8.84. The van der Waals surface area contributed by atoms with E-state index in [1.807, 2.05) is 24.3 Å². The van der Waals surface area contributed by atoms with Crippen molar-refractivity contribution in [1.82, 2.24) is 19.5 Å². The molecule has 0 amide bonds. The molecule has 3 aromatic heterocycles. The van der Waals surface area contributed by atoms with Gasteiger partial charge < -0.3 is 8.98 Å². The van der Waals surface area contributed by atoms with Crippen LogP contribution in [-0.2, 0) is 0 Å². The van der Waals surface area contributed by atoms with Gasteiger partial charge in [0.1, 0.15) is 11.2 Å². The first-order chi connectivity index (χ1) is 27.7. The van der Waals surface area contributed by atoms with Crippen molar-refractivity contribution in [2.75, 3.05) is 0 Å². The van der Waals surface area contributed by atoms with E-state index in [9.17, 15) is 0 Å². The lowest BCUT2D eigenvalue weighted by molar-refractivity contribution is 0.669. The fraction of sp³-hybridized carbons (Fsp3) is 0. The van der Waals surface area contributed by atoms with Crippen LogP contribution in [0.4, 0.5) is 0 Å². The van der Waals surface area contributed by atoms with Gasteiger partial charge in [0.15, 0.2) is 17.5 Å². The van der Waals surface area contributed by atoms with Crippen LogP contribution in [0.5, 0.6) is 0 Å². The van der Waals surface area contributed by atoms with Crippen LogP contribution in [0.2, 0.25) is 0 Å². The molecule has 8 aromatic carbocycles. The highest BCUT2D eigenvalue weighted by Gasteiger charge is 2.19. The summed E-state index contributed by atoms with van der Waals surface area (Å²) in [5.74, 6) is 1.78. The molecule has 5 nitrogen and oxygen atoms in total. The fourth-order valence-electron chi connectivity index (χ4n) is 8.00. The standard InChI is InChI=1S/C51H32N4O/c1-3-13-33(14-4-1)35-25-27-36(28-26-35)49-52-50(38-17-11-18-39(31-38)55-44-22-9-7-19-40(44)41-20-8-10-23-45(41)55)54-51(53-49)43-21-12-24-46-48(43)42-30-29-37(32-47(42)56-46)34-15-5-2-6-16-34/h1-32H. The zero-order valence-electron chi connectivity index (χ0n) is 30.2. The maximum Gasteiger partial charge on any atom is 0.164 e. The number of furan rings is 1. The summed E-state index contributed by atoms with van der Waals surface area (Å²) in [4.78, 5) is 15.6. The van der Waals surface area contributed by atoms with Crippen molar-refractivity contribution in [3.05, 3.63) is 194 Å². The van der Waals surface area contributed by atoms with Crippen LogP contribution in [0, 0.1) is 0 Å². The van der Waals surface area contributed by atoms with Gasteiger partial charge in [-0.25, -0.2) is 15.0 Å². The number of fused-ring (bicyclic) bond motifs is 6. The zero-order valence-corrected chi connectivity index (χ0v) is 30.2. The molecule has 0 saturated carbocycles. The lowest BCUT2D eigenvalue weighted by Crippen LogP contribution is -2.01. The molecule has 5 heteroatoms. The van der Waals surface area contributed by atoms with Gasteiger partial charge in [-0.3, -0.25) is 0 Å². The Balaban J connectivity index is 1.10. The maximum atomic E-state index is 6.52. The number of rotatable bonds is 6. The Labute approximate surface area is 322 Å². The summed E-state index contributed by atoms with van der Waals surface area (Å²) in [7, 11) is 0. The topological polar surface area (TPSA) is 56.7 Å². The SMILES string of the molecule is c1ccc(-c2ccc(-c3nc(-c4cccc(-n5c6ccccc6c6ccccc65)c4)nc(-c4cccc5oc6cc(-c7ccccc7)ccc6c45)n3)cc2)cc1. The van der Waals surface area contributed by atoms with Gasteiger partial charge in [-0.1, -0.05) is 152 Å². The predicted octanol–water partition coefficient (Wildman–Crippen LogP) is 13.2. The second-order valence-electron chi connectivity index (χ2n) is 14.0.